The maximum absolute atomic E-state index is 15.0. The van der Waals surface area contributed by atoms with Crippen LogP contribution in [0.4, 0.5) is 35.1 Å². The summed E-state index contributed by atoms with van der Waals surface area (Å²) >= 11 is 0. The molecule has 1 heterocycles. The molecule has 1 amide bonds. The highest BCUT2D eigenvalue weighted by atomic mass is 32.2. The van der Waals surface area contributed by atoms with Crippen LogP contribution in [0.5, 0.6) is 0 Å². The van der Waals surface area contributed by atoms with Gasteiger partial charge in [-0.3, -0.25) is 9.69 Å². The zero-order chi connectivity index (χ0) is 33.2. The number of morpholine rings is 1. The zero-order valence-electron chi connectivity index (χ0n) is 24.4. The van der Waals surface area contributed by atoms with Gasteiger partial charge in [-0.25, -0.2) is 17.2 Å². The summed E-state index contributed by atoms with van der Waals surface area (Å²) in [6.45, 7) is 5.24. The van der Waals surface area contributed by atoms with Gasteiger partial charge in [0.1, 0.15) is 10.6 Å². The van der Waals surface area contributed by atoms with Gasteiger partial charge < -0.3 is 10.1 Å². The summed E-state index contributed by atoms with van der Waals surface area (Å²) in [6.07, 6.45) is -12.9. The number of halogens is 8. The zero-order valence-corrected chi connectivity index (χ0v) is 25.2. The van der Waals surface area contributed by atoms with Crippen LogP contribution in [0.2, 0.25) is 0 Å². The maximum Gasteiger partial charge on any atom is 0.435 e. The Hall–Kier alpha value is -2.78. The molecular weight excluding hydrogens is 636 g/mol. The molecule has 3 aliphatic rings. The molecule has 1 aliphatic heterocycles. The molecule has 45 heavy (non-hydrogen) atoms. The fraction of sp³-hybridized carbons (Fsp3) is 0.567. The number of carbonyl (C=O) groups is 1. The van der Waals surface area contributed by atoms with Gasteiger partial charge >= 0.3 is 18.0 Å². The molecular formula is C30H32F8N2O4S. The molecule has 0 bridgehead atoms. The average Bonchev–Trinajstić information content (AvgIpc) is 3.36. The molecule has 0 aromatic heterocycles. The summed E-state index contributed by atoms with van der Waals surface area (Å²) in [7, 11) is -4.50. The highest BCUT2D eigenvalue weighted by Gasteiger charge is 2.74. The number of aryl methyl sites for hydroxylation is 1. The summed E-state index contributed by atoms with van der Waals surface area (Å²) in [5, 5.41) is 2.98. The van der Waals surface area contributed by atoms with Crippen LogP contribution in [0, 0.1) is 11.7 Å². The molecule has 0 radical (unpaired) electrons. The fourth-order valence-corrected chi connectivity index (χ4v) is 9.63. The van der Waals surface area contributed by atoms with Crippen molar-refractivity contribution in [2.75, 3.05) is 26.3 Å². The molecule has 0 unspecified atom stereocenters. The van der Waals surface area contributed by atoms with Crippen LogP contribution in [-0.2, 0) is 36.2 Å². The lowest BCUT2D eigenvalue weighted by Crippen LogP contribution is -2.60. The fourth-order valence-electron chi connectivity index (χ4n) is 7.16. The molecule has 6 nitrogen and oxygen atoms in total. The number of fused-ring (bicyclic) bond motifs is 3. The minimum absolute atomic E-state index is 0.0445. The molecule has 3 atom stereocenters. The molecule has 1 N–H and O–H groups in total. The Morgan fingerprint density at radius 3 is 2.11 bits per heavy atom. The lowest BCUT2D eigenvalue weighted by molar-refractivity contribution is -0.348. The van der Waals surface area contributed by atoms with Crippen molar-refractivity contribution in [3.05, 3.63) is 65.0 Å². The van der Waals surface area contributed by atoms with Crippen molar-refractivity contribution in [3.63, 3.8) is 0 Å². The standard InChI is InChI=1S/C30H32F8N2O4S/c1-26(2,40-13-15-44-16-14-40)25(41)39-24-11-12-27(45(42,43)21-7-5-20(31)6-8-21)22-10-4-19(17-18(22)3-9-23(24)27)28(32,29(33,34)35)30(36,37)38/h4-8,10,17,23-24H,3,9,11-16H2,1-2H3,(H,39,41)/t23-,24+,27+/m1/s1. The number of carbonyl (C=O) groups excluding carboxylic acids is 1. The van der Waals surface area contributed by atoms with Gasteiger partial charge in [0.15, 0.2) is 9.84 Å². The number of nitrogens with one attached hydrogen (secondary N) is 1. The van der Waals surface area contributed by atoms with Crippen molar-refractivity contribution >= 4 is 15.7 Å². The first-order chi connectivity index (χ1) is 20.8. The van der Waals surface area contributed by atoms with E-state index in [1.54, 1.807) is 13.8 Å². The van der Waals surface area contributed by atoms with Gasteiger partial charge in [-0.1, -0.05) is 18.2 Å². The number of benzene rings is 2. The minimum atomic E-state index is -6.34. The summed E-state index contributed by atoms with van der Waals surface area (Å²) in [5.41, 5.74) is -8.64. The highest BCUT2D eigenvalue weighted by molar-refractivity contribution is 7.92. The Labute approximate surface area is 255 Å². The molecule has 1 saturated heterocycles. The molecule has 2 fully saturated rings. The number of alkyl halides is 7. The topological polar surface area (TPSA) is 75.7 Å². The van der Waals surface area contributed by atoms with Gasteiger partial charge in [-0.05, 0) is 74.9 Å². The summed E-state index contributed by atoms with van der Waals surface area (Å²) in [6, 6.07) is 4.79. The van der Waals surface area contributed by atoms with Crippen LogP contribution >= 0.6 is 0 Å². The van der Waals surface area contributed by atoms with Gasteiger partial charge in [0, 0.05) is 30.6 Å². The van der Waals surface area contributed by atoms with Crippen LogP contribution in [0.1, 0.15) is 49.8 Å². The van der Waals surface area contributed by atoms with E-state index in [0.717, 1.165) is 30.3 Å². The SMILES string of the molecule is CC(C)(C(=O)N[C@H]1CC[C@]2(S(=O)(=O)c3ccc(F)cc3)c3ccc(C(F)(C(F)(F)F)C(F)(F)F)cc3CC[C@H]12)N1CCOCC1. The minimum Gasteiger partial charge on any atom is -0.379 e. The van der Waals surface area contributed by atoms with Crippen molar-refractivity contribution in [3.8, 4) is 0 Å². The molecule has 1 saturated carbocycles. The monoisotopic (exact) mass is 668 g/mol. The van der Waals surface area contributed by atoms with E-state index < -0.39 is 61.5 Å². The van der Waals surface area contributed by atoms with Gasteiger partial charge in [-0.2, -0.15) is 26.3 Å². The van der Waals surface area contributed by atoms with E-state index in [1.165, 1.54) is 0 Å². The Bertz CT molecular complexity index is 1540. The Morgan fingerprint density at radius 2 is 1.53 bits per heavy atom. The first kappa shape index (κ1) is 33.6. The van der Waals surface area contributed by atoms with E-state index >= 15 is 4.39 Å². The molecule has 2 aromatic rings. The predicted molar refractivity (Wildman–Crippen MR) is 146 cm³/mol. The van der Waals surface area contributed by atoms with Crippen LogP contribution in [0.15, 0.2) is 47.4 Å². The second-order valence-corrected chi connectivity index (χ2v) is 14.5. The van der Waals surface area contributed by atoms with Crippen molar-refractivity contribution in [1.82, 2.24) is 10.2 Å². The molecule has 5 rings (SSSR count). The van der Waals surface area contributed by atoms with E-state index in [2.05, 4.69) is 5.32 Å². The highest BCUT2D eigenvalue weighted by Crippen LogP contribution is 2.59. The van der Waals surface area contributed by atoms with Crippen molar-refractivity contribution in [2.24, 2.45) is 5.92 Å². The molecule has 2 aliphatic carbocycles. The Morgan fingerprint density at radius 1 is 0.933 bits per heavy atom. The molecule has 0 spiro atoms. The summed E-state index contributed by atoms with van der Waals surface area (Å²) < 4.78 is 143. The number of nitrogens with zero attached hydrogens (tertiary/aromatic N) is 1. The third-order valence-corrected chi connectivity index (χ3v) is 12.2. The first-order valence-corrected chi connectivity index (χ1v) is 15.9. The number of ether oxygens (including phenoxy) is 1. The Kier molecular flexibility index (Phi) is 8.34. The molecule has 2 aromatic carbocycles. The number of amides is 1. The largest absolute Gasteiger partial charge is 0.435 e. The van der Waals surface area contributed by atoms with Crippen molar-refractivity contribution in [2.45, 2.75) is 78.8 Å². The van der Waals surface area contributed by atoms with Gasteiger partial charge in [0.2, 0.25) is 5.91 Å². The van der Waals surface area contributed by atoms with Crippen LogP contribution < -0.4 is 5.32 Å². The second-order valence-electron chi connectivity index (χ2n) is 12.3. The third-order valence-electron chi connectivity index (χ3n) is 9.65. The van der Waals surface area contributed by atoms with Crippen LogP contribution in [0.25, 0.3) is 0 Å². The number of sulfone groups is 1. The normalized spacial score (nSPS) is 25.0. The average molecular weight is 669 g/mol. The smallest absolute Gasteiger partial charge is 0.379 e. The maximum atomic E-state index is 15.0. The van der Waals surface area contributed by atoms with E-state index in [0.29, 0.717) is 38.4 Å². The molecule has 248 valence electrons. The van der Waals surface area contributed by atoms with Crippen molar-refractivity contribution in [1.29, 1.82) is 0 Å². The van der Waals surface area contributed by atoms with E-state index in [4.69, 9.17) is 4.74 Å². The second kappa shape index (κ2) is 11.2. The van der Waals surface area contributed by atoms with E-state index in [-0.39, 0.29) is 47.6 Å². The number of rotatable bonds is 6. The quantitative estimate of drug-likeness (QED) is 0.314. The van der Waals surface area contributed by atoms with Crippen LogP contribution in [0.3, 0.4) is 0 Å². The van der Waals surface area contributed by atoms with E-state index in [1.807, 2.05) is 4.90 Å². The van der Waals surface area contributed by atoms with Gasteiger partial charge in [0.05, 0.1) is 23.6 Å². The van der Waals surface area contributed by atoms with Crippen molar-refractivity contribution < 1.29 is 53.1 Å². The van der Waals surface area contributed by atoms with Gasteiger partial charge in [0.25, 0.3) is 0 Å². The summed E-state index contributed by atoms with van der Waals surface area (Å²) in [4.78, 5) is 15.2. The van der Waals surface area contributed by atoms with Gasteiger partial charge in [-0.15, -0.1) is 0 Å². The number of hydrogen-bond acceptors (Lipinski definition) is 5. The first-order valence-electron chi connectivity index (χ1n) is 14.4. The molecule has 15 heteroatoms. The Balaban J connectivity index is 1.61. The summed E-state index contributed by atoms with van der Waals surface area (Å²) in [5.74, 6) is -1.96. The lowest BCUT2D eigenvalue weighted by Gasteiger charge is -2.44. The lowest BCUT2D eigenvalue weighted by atomic mass is 9.73. The van der Waals surface area contributed by atoms with E-state index in [9.17, 15) is 43.9 Å². The number of hydrogen-bond donors (Lipinski definition) is 1. The predicted octanol–water partition coefficient (Wildman–Crippen LogP) is 5.74. The van der Waals surface area contributed by atoms with Crippen LogP contribution in [-0.4, -0.2) is 69.5 Å². The third kappa shape index (κ3) is 5.22.